The van der Waals surface area contributed by atoms with Crippen LogP contribution in [-0.4, -0.2) is 47.6 Å². The number of aromatic hydroxyl groups is 1. The number of hydrogen-bond acceptors (Lipinski definition) is 8. The summed E-state index contributed by atoms with van der Waals surface area (Å²) < 4.78 is 0. The van der Waals surface area contributed by atoms with Crippen molar-refractivity contribution in [2.75, 3.05) is 11.6 Å². The van der Waals surface area contributed by atoms with Crippen molar-refractivity contribution in [1.29, 1.82) is 0 Å². The van der Waals surface area contributed by atoms with Gasteiger partial charge in [0.25, 0.3) is 11.5 Å². The third-order valence-corrected chi connectivity index (χ3v) is 3.59. The molecule has 0 spiro atoms. The molecule has 11 heteroatoms. The first-order valence-electron chi connectivity index (χ1n) is 6.59. The zero-order valence-corrected chi connectivity index (χ0v) is 13.1. The van der Waals surface area contributed by atoms with E-state index in [4.69, 9.17) is 0 Å². The molecule has 0 bridgehead atoms. The Morgan fingerprint density at radius 2 is 2.17 bits per heavy atom. The van der Waals surface area contributed by atoms with Crippen LogP contribution in [0.1, 0.15) is 10.4 Å². The van der Waals surface area contributed by atoms with Gasteiger partial charge < -0.3 is 15.4 Å². The molecule has 3 aromatic heterocycles. The van der Waals surface area contributed by atoms with Gasteiger partial charge in [0, 0.05) is 11.8 Å². The summed E-state index contributed by atoms with van der Waals surface area (Å²) in [6.45, 7) is 0. The molecule has 0 saturated carbocycles. The Morgan fingerprint density at radius 3 is 2.75 bits per heavy atom. The molecule has 3 aromatic rings. The van der Waals surface area contributed by atoms with Crippen LogP contribution in [0.15, 0.2) is 34.5 Å². The average molecular weight is 345 g/mol. The monoisotopic (exact) mass is 345 g/mol. The Balaban J connectivity index is 1.81. The molecule has 0 saturated heterocycles. The fourth-order valence-electron chi connectivity index (χ4n) is 1.88. The van der Waals surface area contributed by atoms with Gasteiger partial charge in [0.15, 0.2) is 10.7 Å². The normalized spacial score (nSPS) is 10.5. The summed E-state index contributed by atoms with van der Waals surface area (Å²) >= 11 is 1.14. The number of carbonyl (C=O) groups excluding carboxylic acids is 1. The van der Waals surface area contributed by atoms with E-state index in [2.05, 4.69) is 35.7 Å². The molecule has 122 valence electrons. The van der Waals surface area contributed by atoms with E-state index in [1.807, 2.05) is 0 Å². The van der Waals surface area contributed by atoms with Crippen LogP contribution in [0.5, 0.6) is 5.88 Å². The lowest BCUT2D eigenvalue weighted by Crippen LogP contribution is -2.24. The molecule has 10 nitrogen and oxygen atoms in total. The average Bonchev–Trinajstić information content (AvgIpc) is 3.09. The molecule has 3 rings (SSSR count). The first kappa shape index (κ1) is 15.7. The maximum Gasteiger partial charge on any atom is 0.268 e. The second-order valence-electron chi connectivity index (χ2n) is 4.52. The lowest BCUT2D eigenvalue weighted by atomic mass is 10.2. The van der Waals surface area contributed by atoms with Crippen molar-refractivity contribution in [2.24, 2.45) is 0 Å². The Hall–Kier alpha value is -3.21. The molecule has 0 fully saturated rings. The molecule has 0 unspecified atom stereocenters. The van der Waals surface area contributed by atoms with E-state index in [0.29, 0.717) is 11.3 Å². The Kier molecular flexibility index (Phi) is 4.24. The highest BCUT2D eigenvalue weighted by Crippen LogP contribution is 2.18. The molecule has 3 heterocycles. The van der Waals surface area contributed by atoms with Gasteiger partial charge in [-0.3, -0.25) is 9.59 Å². The Morgan fingerprint density at radius 1 is 1.33 bits per heavy atom. The number of aromatic amines is 2. The molecule has 24 heavy (non-hydrogen) atoms. The van der Waals surface area contributed by atoms with Crippen molar-refractivity contribution < 1.29 is 9.90 Å². The number of thioether (sulfide) groups is 1. The summed E-state index contributed by atoms with van der Waals surface area (Å²) in [5.41, 5.74) is 0.0958. The molecule has 0 radical (unpaired) electrons. The minimum atomic E-state index is -0.810. The van der Waals surface area contributed by atoms with E-state index in [1.54, 1.807) is 12.3 Å². The summed E-state index contributed by atoms with van der Waals surface area (Å²) in [4.78, 5) is 34.2. The van der Waals surface area contributed by atoms with Crippen LogP contribution in [-0.2, 0) is 0 Å². The van der Waals surface area contributed by atoms with Gasteiger partial charge in [-0.15, -0.1) is 0 Å². The van der Waals surface area contributed by atoms with Gasteiger partial charge in [0.05, 0.1) is 6.20 Å². The largest absolute Gasteiger partial charge is 0.493 e. The van der Waals surface area contributed by atoms with Crippen molar-refractivity contribution in [3.05, 3.63) is 40.4 Å². The van der Waals surface area contributed by atoms with Crippen LogP contribution in [0.25, 0.3) is 11.3 Å². The first-order chi connectivity index (χ1) is 11.6. The van der Waals surface area contributed by atoms with E-state index in [-0.39, 0.29) is 11.0 Å². The highest BCUT2D eigenvalue weighted by atomic mass is 32.2. The quantitative estimate of drug-likeness (QED) is 0.397. The van der Waals surface area contributed by atoms with Gasteiger partial charge >= 0.3 is 0 Å². The summed E-state index contributed by atoms with van der Waals surface area (Å²) in [7, 11) is 0. The fraction of sp³-hybridized carbons (Fsp3) is 0.0769. The van der Waals surface area contributed by atoms with E-state index in [1.165, 1.54) is 18.5 Å². The number of H-pyrrole nitrogens is 2. The van der Waals surface area contributed by atoms with Crippen molar-refractivity contribution in [1.82, 2.24) is 30.4 Å². The number of pyridine rings is 1. The van der Waals surface area contributed by atoms with Crippen molar-refractivity contribution in [3.63, 3.8) is 0 Å². The Labute approximate surface area is 138 Å². The highest BCUT2D eigenvalue weighted by Gasteiger charge is 2.19. The molecule has 0 aliphatic carbocycles. The van der Waals surface area contributed by atoms with Gasteiger partial charge in [0.2, 0.25) is 5.88 Å². The fourth-order valence-corrected chi connectivity index (χ4v) is 2.25. The first-order valence-corrected chi connectivity index (χ1v) is 7.82. The number of nitrogens with one attached hydrogen (secondary N) is 3. The Bertz CT molecular complexity index is 922. The van der Waals surface area contributed by atoms with Crippen LogP contribution >= 0.6 is 11.8 Å². The number of rotatable bonds is 4. The molecule has 4 N–H and O–H groups in total. The number of hydrogen-bond donors (Lipinski definition) is 4. The summed E-state index contributed by atoms with van der Waals surface area (Å²) in [6.07, 6.45) is 4.70. The zero-order valence-electron chi connectivity index (χ0n) is 12.3. The van der Waals surface area contributed by atoms with Gasteiger partial charge in [-0.25, -0.2) is 4.98 Å². The van der Waals surface area contributed by atoms with E-state index in [0.717, 1.165) is 11.8 Å². The van der Waals surface area contributed by atoms with E-state index >= 15 is 0 Å². The second-order valence-corrected chi connectivity index (χ2v) is 5.31. The van der Waals surface area contributed by atoms with Gasteiger partial charge in [-0.2, -0.15) is 20.4 Å². The maximum absolute atomic E-state index is 12.2. The number of nitrogens with zero attached hydrogens (tertiary/aromatic N) is 4. The van der Waals surface area contributed by atoms with Crippen molar-refractivity contribution in [3.8, 4) is 17.1 Å². The molecule has 0 aliphatic heterocycles. The lowest BCUT2D eigenvalue weighted by Gasteiger charge is -2.06. The summed E-state index contributed by atoms with van der Waals surface area (Å²) in [6, 6.07) is 3.22. The molecule has 1 amide bonds. The maximum atomic E-state index is 12.2. The molecule has 0 aliphatic rings. The van der Waals surface area contributed by atoms with Gasteiger partial charge in [-0.1, -0.05) is 11.8 Å². The van der Waals surface area contributed by atoms with Crippen molar-refractivity contribution >= 4 is 23.5 Å². The predicted molar refractivity (Wildman–Crippen MR) is 85.9 cm³/mol. The summed E-state index contributed by atoms with van der Waals surface area (Å²) in [5.74, 6) is -1.24. The third kappa shape index (κ3) is 3.10. The van der Waals surface area contributed by atoms with Crippen LogP contribution in [0, 0.1) is 0 Å². The third-order valence-electron chi connectivity index (χ3n) is 3.01. The molecule has 0 aromatic carbocycles. The van der Waals surface area contributed by atoms with Crippen LogP contribution in [0.2, 0.25) is 0 Å². The zero-order chi connectivity index (χ0) is 17.1. The van der Waals surface area contributed by atoms with Crippen LogP contribution in [0.3, 0.4) is 0 Å². The SMILES string of the molecule is CSc1nc(O)c(C(=O)Nc2ccc(-c3cn[nH]n3)cn2)c(=O)[nH]1. The van der Waals surface area contributed by atoms with Crippen LogP contribution in [0.4, 0.5) is 5.82 Å². The number of aromatic nitrogens is 6. The predicted octanol–water partition coefficient (Wildman–Crippen LogP) is 0.630. The van der Waals surface area contributed by atoms with E-state index in [9.17, 15) is 14.7 Å². The topological polar surface area (TPSA) is 150 Å². The van der Waals surface area contributed by atoms with E-state index < -0.39 is 22.9 Å². The highest BCUT2D eigenvalue weighted by molar-refractivity contribution is 7.98. The minimum Gasteiger partial charge on any atom is -0.493 e. The smallest absolute Gasteiger partial charge is 0.268 e. The lowest BCUT2D eigenvalue weighted by molar-refractivity contribution is 0.102. The second kappa shape index (κ2) is 6.50. The van der Waals surface area contributed by atoms with Gasteiger partial charge in [-0.05, 0) is 18.4 Å². The van der Waals surface area contributed by atoms with Gasteiger partial charge in [0.1, 0.15) is 11.5 Å². The summed E-state index contributed by atoms with van der Waals surface area (Å²) in [5, 5.41) is 22.5. The number of amides is 1. The standard InChI is InChI=1S/C13H11N7O3S/c1-24-13-17-11(22)9(12(23)18-13)10(21)16-8-3-2-6(4-14-8)7-5-15-20-19-7/h2-5H,1H3,(H,14,16,21)(H,15,19,20)(H2,17,18,22,23). The molecule has 0 atom stereocenters. The molecular weight excluding hydrogens is 334 g/mol. The van der Waals surface area contributed by atoms with Crippen LogP contribution < -0.4 is 10.9 Å². The van der Waals surface area contributed by atoms with Crippen molar-refractivity contribution in [2.45, 2.75) is 5.16 Å². The number of carbonyl (C=O) groups is 1. The minimum absolute atomic E-state index is 0.208. The number of anilines is 1. The molecular formula is C13H11N7O3S.